The van der Waals surface area contributed by atoms with Crippen LogP contribution < -0.4 is 0 Å². The maximum Gasteiger partial charge on any atom is 0.312 e. The molecule has 3 heteroatoms. The average molecular weight is 240 g/mol. The van der Waals surface area contributed by atoms with Crippen LogP contribution in [0.25, 0.3) is 0 Å². The van der Waals surface area contributed by atoms with Gasteiger partial charge in [0.05, 0.1) is 11.5 Å². The summed E-state index contributed by atoms with van der Waals surface area (Å²) in [5.74, 6) is 0.401. The van der Waals surface area contributed by atoms with Crippen LogP contribution in [-0.4, -0.2) is 23.8 Å². The van der Waals surface area contributed by atoms with Gasteiger partial charge in [-0.1, -0.05) is 26.2 Å². The second-order valence-corrected chi connectivity index (χ2v) is 5.75. The molecule has 4 atom stereocenters. The van der Waals surface area contributed by atoms with Crippen LogP contribution in [0.4, 0.5) is 0 Å². The summed E-state index contributed by atoms with van der Waals surface area (Å²) in [6.45, 7) is 4.77. The molecule has 4 unspecified atom stereocenters. The molecule has 0 amide bonds. The molecule has 1 aliphatic heterocycles. The van der Waals surface area contributed by atoms with Gasteiger partial charge < -0.3 is 9.84 Å². The Morgan fingerprint density at radius 2 is 2.24 bits per heavy atom. The van der Waals surface area contributed by atoms with Crippen LogP contribution in [-0.2, 0) is 9.53 Å². The standard InChI is InChI=1S/C14H24O3/c1-3-11-5-4-6-12(9-11)14(13(15)16)7-8-17-10(14)2/h10-12H,3-9H2,1-2H3,(H,15,16). The quantitative estimate of drug-likeness (QED) is 0.824. The van der Waals surface area contributed by atoms with Crippen molar-refractivity contribution >= 4 is 5.97 Å². The molecule has 98 valence electrons. The van der Waals surface area contributed by atoms with E-state index in [0.29, 0.717) is 18.9 Å². The van der Waals surface area contributed by atoms with Crippen LogP contribution in [0.15, 0.2) is 0 Å². The number of carbonyl (C=O) groups is 1. The van der Waals surface area contributed by atoms with Crippen molar-refractivity contribution in [2.24, 2.45) is 17.3 Å². The third kappa shape index (κ3) is 2.10. The number of hydrogen-bond acceptors (Lipinski definition) is 2. The van der Waals surface area contributed by atoms with Gasteiger partial charge in [-0.05, 0) is 38.0 Å². The van der Waals surface area contributed by atoms with E-state index in [9.17, 15) is 9.90 Å². The highest BCUT2D eigenvalue weighted by molar-refractivity contribution is 5.76. The van der Waals surface area contributed by atoms with E-state index in [-0.39, 0.29) is 6.10 Å². The monoisotopic (exact) mass is 240 g/mol. The summed E-state index contributed by atoms with van der Waals surface area (Å²) >= 11 is 0. The maximum atomic E-state index is 11.7. The molecular weight excluding hydrogens is 216 g/mol. The molecule has 0 spiro atoms. The second kappa shape index (κ2) is 4.97. The zero-order valence-corrected chi connectivity index (χ0v) is 10.9. The lowest BCUT2D eigenvalue weighted by atomic mass is 9.63. The Hall–Kier alpha value is -0.570. The predicted molar refractivity (Wildman–Crippen MR) is 65.8 cm³/mol. The topological polar surface area (TPSA) is 46.5 Å². The Balaban J connectivity index is 2.19. The van der Waals surface area contributed by atoms with E-state index in [1.165, 1.54) is 19.3 Å². The van der Waals surface area contributed by atoms with Gasteiger partial charge in [0, 0.05) is 6.61 Å². The number of aliphatic carboxylic acids is 1. The van der Waals surface area contributed by atoms with E-state index in [0.717, 1.165) is 18.8 Å². The molecule has 1 saturated heterocycles. The summed E-state index contributed by atoms with van der Waals surface area (Å²) in [5, 5.41) is 9.67. The fourth-order valence-electron chi connectivity index (χ4n) is 3.88. The lowest BCUT2D eigenvalue weighted by Crippen LogP contribution is -2.45. The summed E-state index contributed by atoms with van der Waals surface area (Å²) in [7, 11) is 0. The van der Waals surface area contributed by atoms with Crippen LogP contribution >= 0.6 is 0 Å². The number of hydrogen-bond donors (Lipinski definition) is 1. The molecule has 2 rings (SSSR count). The molecule has 17 heavy (non-hydrogen) atoms. The molecule has 2 fully saturated rings. The van der Waals surface area contributed by atoms with Crippen molar-refractivity contribution in [3.05, 3.63) is 0 Å². The van der Waals surface area contributed by atoms with Gasteiger partial charge in [-0.3, -0.25) is 4.79 Å². The minimum Gasteiger partial charge on any atom is -0.481 e. The number of carboxylic acid groups (broad SMARTS) is 1. The Kier molecular flexibility index (Phi) is 3.76. The summed E-state index contributed by atoms with van der Waals surface area (Å²) in [5.41, 5.74) is -0.603. The normalized spacial score (nSPS) is 42.6. The molecule has 0 aromatic heterocycles. The van der Waals surface area contributed by atoms with Crippen molar-refractivity contribution < 1.29 is 14.6 Å². The van der Waals surface area contributed by atoms with Gasteiger partial charge in [0.1, 0.15) is 0 Å². The first-order chi connectivity index (χ1) is 8.11. The van der Waals surface area contributed by atoms with E-state index in [4.69, 9.17) is 4.74 Å². The van der Waals surface area contributed by atoms with Gasteiger partial charge in [0.25, 0.3) is 0 Å². The van der Waals surface area contributed by atoms with Gasteiger partial charge in [0.2, 0.25) is 0 Å². The molecule has 1 heterocycles. The smallest absolute Gasteiger partial charge is 0.312 e. The van der Waals surface area contributed by atoms with Crippen LogP contribution in [0.2, 0.25) is 0 Å². The van der Waals surface area contributed by atoms with Crippen molar-refractivity contribution in [2.45, 2.75) is 58.5 Å². The highest BCUT2D eigenvalue weighted by Gasteiger charge is 2.54. The predicted octanol–water partition coefficient (Wildman–Crippen LogP) is 3.08. The average Bonchev–Trinajstić information content (AvgIpc) is 2.72. The summed E-state index contributed by atoms with van der Waals surface area (Å²) in [6, 6.07) is 0. The zero-order chi connectivity index (χ0) is 12.5. The first-order valence-electron chi connectivity index (χ1n) is 6.96. The molecule has 1 N–H and O–H groups in total. The Bertz CT molecular complexity index is 289. The highest BCUT2D eigenvalue weighted by Crippen LogP contribution is 2.49. The molecule has 1 saturated carbocycles. The lowest BCUT2D eigenvalue weighted by Gasteiger charge is -2.40. The number of rotatable bonds is 3. The van der Waals surface area contributed by atoms with E-state index >= 15 is 0 Å². The molecular formula is C14H24O3. The van der Waals surface area contributed by atoms with E-state index < -0.39 is 11.4 Å². The molecule has 3 nitrogen and oxygen atoms in total. The van der Waals surface area contributed by atoms with Crippen LogP contribution in [0.3, 0.4) is 0 Å². The first kappa shape index (κ1) is 12.9. The Labute approximate surface area is 104 Å². The maximum absolute atomic E-state index is 11.7. The Morgan fingerprint density at radius 3 is 2.76 bits per heavy atom. The van der Waals surface area contributed by atoms with Crippen molar-refractivity contribution in [3.63, 3.8) is 0 Å². The zero-order valence-electron chi connectivity index (χ0n) is 10.9. The minimum absolute atomic E-state index is 0.124. The summed E-state index contributed by atoms with van der Waals surface area (Å²) in [6.07, 6.45) is 6.36. The molecule has 2 aliphatic rings. The van der Waals surface area contributed by atoms with E-state index in [2.05, 4.69) is 6.92 Å². The van der Waals surface area contributed by atoms with E-state index in [1.54, 1.807) is 0 Å². The lowest BCUT2D eigenvalue weighted by molar-refractivity contribution is -0.158. The molecule has 0 aromatic carbocycles. The van der Waals surface area contributed by atoms with Gasteiger partial charge >= 0.3 is 5.97 Å². The van der Waals surface area contributed by atoms with E-state index in [1.807, 2.05) is 6.92 Å². The van der Waals surface area contributed by atoms with Gasteiger partial charge in [-0.25, -0.2) is 0 Å². The Morgan fingerprint density at radius 1 is 1.47 bits per heavy atom. The van der Waals surface area contributed by atoms with Crippen LogP contribution in [0, 0.1) is 17.3 Å². The fourth-order valence-corrected chi connectivity index (χ4v) is 3.88. The van der Waals surface area contributed by atoms with Crippen LogP contribution in [0.5, 0.6) is 0 Å². The van der Waals surface area contributed by atoms with Crippen molar-refractivity contribution in [2.75, 3.05) is 6.61 Å². The SMILES string of the molecule is CCC1CCCC(C2(C(=O)O)CCOC2C)C1. The van der Waals surface area contributed by atoms with Crippen molar-refractivity contribution in [1.29, 1.82) is 0 Å². The third-order valence-corrected chi connectivity index (χ3v) is 5.10. The minimum atomic E-state index is -0.635. The van der Waals surface area contributed by atoms with Gasteiger partial charge in [0.15, 0.2) is 0 Å². The summed E-state index contributed by atoms with van der Waals surface area (Å²) in [4.78, 5) is 11.7. The molecule has 0 aromatic rings. The second-order valence-electron chi connectivity index (χ2n) is 5.75. The number of carboxylic acids is 1. The molecule has 0 bridgehead atoms. The van der Waals surface area contributed by atoms with Crippen molar-refractivity contribution in [1.82, 2.24) is 0 Å². The van der Waals surface area contributed by atoms with Crippen molar-refractivity contribution in [3.8, 4) is 0 Å². The largest absolute Gasteiger partial charge is 0.481 e. The van der Waals surface area contributed by atoms with Gasteiger partial charge in [-0.2, -0.15) is 0 Å². The summed E-state index contributed by atoms with van der Waals surface area (Å²) < 4.78 is 5.57. The highest BCUT2D eigenvalue weighted by atomic mass is 16.5. The number of ether oxygens (including phenoxy) is 1. The third-order valence-electron chi connectivity index (χ3n) is 5.10. The molecule has 1 aliphatic carbocycles. The van der Waals surface area contributed by atoms with Gasteiger partial charge in [-0.15, -0.1) is 0 Å². The van der Waals surface area contributed by atoms with Crippen LogP contribution in [0.1, 0.15) is 52.4 Å². The molecule has 0 radical (unpaired) electrons. The first-order valence-corrected chi connectivity index (χ1v) is 6.96. The fraction of sp³-hybridized carbons (Fsp3) is 0.929.